The lowest BCUT2D eigenvalue weighted by molar-refractivity contribution is 0.0577. The number of amides is 1. The van der Waals surface area contributed by atoms with Crippen LogP contribution in [0.4, 0.5) is 4.79 Å². The second kappa shape index (κ2) is 4.55. The third kappa shape index (κ3) is 2.14. The van der Waals surface area contributed by atoms with E-state index in [1.54, 1.807) is 30.3 Å². The minimum atomic E-state index is -1.26. The second-order valence-electron chi connectivity index (χ2n) is 3.93. The summed E-state index contributed by atoms with van der Waals surface area (Å²) in [6, 6.07) is 7.87. The zero-order valence-corrected chi connectivity index (χ0v) is 9.37. The molecule has 1 aromatic rings. The molecule has 0 spiro atoms. The van der Waals surface area contributed by atoms with Gasteiger partial charge in [0.2, 0.25) is 0 Å². The molecule has 1 aromatic carbocycles. The highest BCUT2D eigenvalue weighted by atomic mass is 16.6. The van der Waals surface area contributed by atoms with Gasteiger partial charge in [0, 0.05) is 12.6 Å². The number of cyclic esters (lactones) is 1. The van der Waals surface area contributed by atoms with Gasteiger partial charge in [-0.15, -0.1) is 0 Å². The quantitative estimate of drug-likeness (QED) is 0.782. The summed E-state index contributed by atoms with van der Waals surface area (Å²) in [6.07, 6.45) is -1.77. The fraction of sp³-hybridized carbons (Fsp3) is 0.333. The van der Waals surface area contributed by atoms with Crippen LogP contribution in [-0.4, -0.2) is 47.7 Å². The van der Waals surface area contributed by atoms with Crippen LogP contribution >= 0.6 is 0 Å². The van der Waals surface area contributed by atoms with Crippen molar-refractivity contribution in [1.82, 2.24) is 4.90 Å². The van der Waals surface area contributed by atoms with Crippen molar-refractivity contribution in [1.29, 1.82) is 0 Å². The predicted octanol–water partition coefficient (Wildman–Crippen LogP) is 0.681. The Balaban J connectivity index is 2.13. The molecule has 2 rings (SSSR count). The molecule has 1 aliphatic heterocycles. The lowest BCUT2D eigenvalue weighted by atomic mass is 10.0. The molecule has 0 bridgehead atoms. The Morgan fingerprint density at radius 2 is 2.12 bits per heavy atom. The summed E-state index contributed by atoms with van der Waals surface area (Å²) in [6.45, 7) is 0.0368. The topological polar surface area (TPSA) is 66.8 Å². The van der Waals surface area contributed by atoms with Gasteiger partial charge in [-0.1, -0.05) is 30.3 Å². The lowest BCUT2D eigenvalue weighted by Gasteiger charge is -2.20. The van der Waals surface area contributed by atoms with Gasteiger partial charge in [0.1, 0.15) is 18.8 Å². The molecule has 5 heteroatoms. The summed E-state index contributed by atoms with van der Waals surface area (Å²) in [4.78, 5) is 24.3. The number of aliphatic hydroxyl groups excluding tert-OH is 1. The Hall–Kier alpha value is -1.88. The fourth-order valence-electron chi connectivity index (χ4n) is 1.76. The number of ether oxygens (including phenoxy) is 1. The normalized spacial score (nSPS) is 21.2. The van der Waals surface area contributed by atoms with Gasteiger partial charge in [-0.25, -0.2) is 4.79 Å². The van der Waals surface area contributed by atoms with Gasteiger partial charge in [0.05, 0.1) is 0 Å². The van der Waals surface area contributed by atoms with Gasteiger partial charge < -0.3 is 14.7 Å². The van der Waals surface area contributed by atoms with Crippen LogP contribution in [0.3, 0.4) is 0 Å². The Morgan fingerprint density at radius 1 is 1.47 bits per heavy atom. The van der Waals surface area contributed by atoms with Crippen molar-refractivity contribution >= 4 is 11.9 Å². The molecule has 0 saturated carbocycles. The molecule has 2 atom stereocenters. The van der Waals surface area contributed by atoms with E-state index < -0.39 is 24.0 Å². The zero-order valence-electron chi connectivity index (χ0n) is 9.37. The van der Waals surface area contributed by atoms with Crippen molar-refractivity contribution in [3.05, 3.63) is 35.9 Å². The monoisotopic (exact) mass is 235 g/mol. The van der Waals surface area contributed by atoms with Gasteiger partial charge >= 0.3 is 6.09 Å². The molecular weight excluding hydrogens is 222 g/mol. The van der Waals surface area contributed by atoms with Gasteiger partial charge in [-0.3, -0.25) is 4.79 Å². The smallest absolute Gasteiger partial charge is 0.410 e. The summed E-state index contributed by atoms with van der Waals surface area (Å²) in [5, 5.41) is 9.94. The van der Waals surface area contributed by atoms with E-state index in [9.17, 15) is 14.7 Å². The van der Waals surface area contributed by atoms with E-state index in [0.29, 0.717) is 5.56 Å². The molecule has 1 N–H and O–H groups in total. The molecule has 1 fully saturated rings. The van der Waals surface area contributed by atoms with Crippen LogP contribution < -0.4 is 0 Å². The number of hydrogen-bond donors (Lipinski definition) is 1. The molecule has 90 valence electrons. The highest BCUT2D eigenvalue weighted by molar-refractivity contribution is 6.00. The number of likely N-dealkylation sites (N-methyl/N-ethyl adjacent to an activating group) is 1. The maximum absolute atomic E-state index is 11.9. The maximum atomic E-state index is 11.9. The standard InChI is InChI=1S/C12H13NO4/c1-13-9(7-17-12(13)16)11(15)10(14)8-5-3-2-4-6-8/h2-6,9,11,15H,7H2,1H3/t9-,11?/m0/s1. The van der Waals surface area contributed by atoms with Gasteiger partial charge in [0.25, 0.3) is 0 Å². The predicted molar refractivity (Wildman–Crippen MR) is 59.7 cm³/mol. The molecule has 5 nitrogen and oxygen atoms in total. The van der Waals surface area contributed by atoms with E-state index in [-0.39, 0.29) is 6.61 Å². The van der Waals surface area contributed by atoms with Gasteiger partial charge in [0.15, 0.2) is 5.78 Å². The van der Waals surface area contributed by atoms with E-state index in [2.05, 4.69) is 0 Å². The Bertz CT molecular complexity index is 431. The molecule has 0 radical (unpaired) electrons. The first-order valence-corrected chi connectivity index (χ1v) is 5.28. The van der Waals surface area contributed by atoms with E-state index in [0.717, 1.165) is 0 Å². The van der Waals surface area contributed by atoms with Crippen LogP contribution in [0.25, 0.3) is 0 Å². The van der Waals surface area contributed by atoms with E-state index in [1.165, 1.54) is 11.9 Å². The van der Waals surface area contributed by atoms with Gasteiger partial charge in [-0.2, -0.15) is 0 Å². The van der Waals surface area contributed by atoms with E-state index in [1.807, 2.05) is 0 Å². The number of hydrogen-bond acceptors (Lipinski definition) is 4. The number of benzene rings is 1. The second-order valence-corrected chi connectivity index (χ2v) is 3.93. The molecular formula is C12H13NO4. The third-order valence-corrected chi connectivity index (χ3v) is 2.85. The van der Waals surface area contributed by atoms with Crippen molar-refractivity contribution in [2.24, 2.45) is 0 Å². The summed E-state index contributed by atoms with van der Waals surface area (Å²) in [7, 11) is 1.50. The number of aliphatic hydroxyl groups is 1. The summed E-state index contributed by atoms with van der Waals surface area (Å²) >= 11 is 0. The fourth-order valence-corrected chi connectivity index (χ4v) is 1.76. The Kier molecular flexibility index (Phi) is 3.10. The molecule has 0 aliphatic carbocycles. The largest absolute Gasteiger partial charge is 0.447 e. The average molecular weight is 235 g/mol. The average Bonchev–Trinajstić information content (AvgIpc) is 2.69. The highest BCUT2D eigenvalue weighted by Crippen LogP contribution is 2.16. The first-order chi connectivity index (χ1) is 8.11. The van der Waals surface area contributed by atoms with Crippen LogP contribution in [0, 0.1) is 0 Å². The van der Waals surface area contributed by atoms with Crippen molar-refractivity contribution < 1.29 is 19.4 Å². The molecule has 1 saturated heterocycles. The molecule has 1 heterocycles. The van der Waals surface area contributed by atoms with Crippen LogP contribution in [0.15, 0.2) is 30.3 Å². The number of carbonyl (C=O) groups is 2. The lowest BCUT2D eigenvalue weighted by Crippen LogP contribution is -2.44. The van der Waals surface area contributed by atoms with Gasteiger partial charge in [-0.05, 0) is 0 Å². The Morgan fingerprint density at radius 3 is 2.65 bits per heavy atom. The first-order valence-electron chi connectivity index (χ1n) is 5.28. The first kappa shape index (κ1) is 11.6. The van der Waals surface area contributed by atoms with Crippen LogP contribution in [0.2, 0.25) is 0 Å². The molecule has 1 unspecified atom stereocenters. The Labute approximate surface area is 98.6 Å². The van der Waals surface area contributed by atoms with E-state index >= 15 is 0 Å². The molecule has 1 aliphatic rings. The molecule has 0 aromatic heterocycles. The number of Topliss-reactive ketones (excluding diaryl/α,β-unsaturated/α-hetero) is 1. The number of ketones is 1. The zero-order chi connectivity index (χ0) is 12.4. The van der Waals surface area contributed by atoms with Crippen molar-refractivity contribution in [2.75, 3.05) is 13.7 Å². The number of rotatable bonds is 3. The van der Waals surface area contributed by atoms with Crippen molar-refractivity contribution in [2.45, 2.75) is 12.1 Å². The summed E-state index contributed by atoms with van der Waals surface area (Å²) in [5.41, 5.74) is 0.424. The van der Waals surface area contributed by atoms with Crippen molar-refractivity contribution in [3.63, 3.8) is 0 Å². The van der Waals surface area contributed by atoms with Crippen LogP contribution in [0.1, 0.15) is 10.4 Å². The van der Waals surface area contributed by atoms with Crippen LogP contribution in [0.5, 0.6) is 0 Å². The molecule has 1 amide bonds. The number of carbonyl (C=O) groups excluding carboxylic acids is 2. The van der Waals surface area contributed by atoms with Crippen molar-refractivity contribution in [3.8, 4) is 0 Å². The summed E-state index contributed by atoms with van der Waals surface area (Å²) < 4.78 is 4.76. The minimum Gasteiger partial charge on any atom is -0.447 e. The molecule has 17 heavy (non-hydrogen) atoms. The van der Waals surface area contributed by atoms with E-state index in [4.69, 9.17) is 4.74 Å². The summed E-state index contributed by atoms with van der Waals surface area (Å²) in [5.74, 6) is -0.402. The number of nitrogens with zero attached hydrogens (tertiary/aromatic N) is 1. The minimum absolute atomic E-state index is 0.0368. The maximum Gasteiger partial charge on any atom is 0.410 e. The van der Waals surface area contributed by atoms with Crippen LogP contribution in [-0.2, 0) is 4.74 Å². The SMILES string of the molecule is CN1C(=O)OC[C@H]1C(O)C(=O)c1ccccc1. The third-order valence-electron chi connectivity index (χ3n) is 2.85. The highest BCUT2D eigenvalue weighted by Gasteiger charge is 2.38.